The number of anilines is 1. The van der Waals surface area contributed by atoms with Gasteiger partial charge in [-0.05, 0) is 27.6 Å². The van der Waals surface area contributed by atoms with Crippen LogP contribution in [0.15, 0.2) is 5.38 Å². The van der Waals surface area contributed by atoms with E-state index in [1.165, 1.54) is 17.4 Å². The maximum atomic E-state index is 4.81. The van der Waals surface area contributed by atoms with Gasteiger partial charge in [0, 0.05) is 50.7 Å². The molecule has 0 amide bonds. The molecule has 5 nitrogen and oxygen atoms in total. The molecule has 2 heterocycles. The van der Waals surface area contributed by atoms with E-state index in [2.05, 4.69) is 53.3 Å². The molecular weight excluding hydrogens is 282 g/mol. The van der Waals surface area contributed by atoms with E-state index in [0.29, 0.717) is 6.04 Å². The first kappa shape index (κ1) is 16.7. The topological polar surface area (TPSA) is 34.6 Å². The van der Waals surface area contributed by atoms with Crippen LogP contribution in [0.4, 0.5) is 5.13 Å². The predicted octanol–water partition coefficient (Wildman–Crippen LogP) is 1.50. The number of hydrogen-bond donors (Lipinski definition) is 1. The van der Waals surface area contributed by atoms with Crippen LogP contribution in [0.2, 0.25) is 0 Å². The number of thiazole rings is 1. The Labute approximate surface area is 132 Å². The molecule has 1 unspecified atom stereocenters. The minimum Gasteiger partial charge on any atom is -0.346 e. The highest BCUT2D eigenvalue weighted by Crippen LogP contribution is 2.24. The van der Waals surface area contributed by atoms with Crippen molar-refractivity contribution in [1.82, 2.24) is 20.1 Å². The van der Waals surface area contributed by atoms with E-state index < -0.39 is 0 Å². The fourth-order valence-corrected chi connectivity index (χ4v) is 3.51. The van der Waals surface area contributed by atoms with Crippen molar-refractivity contribution in [3.63, 3.8) is 0 Å². The van der Waals surface area contributed by atoms with Crippen molar-refractivity contribution in [3.05, 3.63) is 11.1 Å². The second kappa shape index (κ2) is 8.08. The Morgan fingerprint density at radius 3 is 2.67 bits per heavy atom. The van der Waals surface area contributed by atoms with Crippen molar-refractivity contribution >= 4 is 16.5 Å². The Bertz CT molecular complexity index is 412. The average molecular weight is 311 g/mol. The molecule has 1 aromatic rings. The van der Waals surface area contributed by atoms with E-state index in [4.69, 9.17) is 4.98 Å². The third-order valence-corrected chi connectivity index (χ3v) is 4.89. The van der Waals surface area contributed by atoms with Crippen LogP contribution in [0.3, 0.4) is 0 Å². The van der Waals surface area contributed by atoms with Gasteiger partial charge in [-0.25, -0.2) is 4.98 Å². The fourth-order valence-electron chi connectivity index (χ4n) is 2.54. The first-order valence-corrected chi connectivity index (χ1v) is 8.79. The lowest BCUT2D eigenvalue weighted by molar-refractivity contribution is 0.229. The van der Waals surface area contributed by atoms with Crippen molar-refractivity contribution in [2.45, 2.75) is 19.9 Å². The highest BCUT2D eigenvalue weighted by molar-refractivity contribution is 7.13. The zero-order chi connectivity index (χ0) is 15.2. The Hall–Kier alpha value is -0.690. The predicted molar refractivity (Wildman–Crippen MR) is 91.4 cm³/mol. The molecule has 1 aliphatic rings. The number of nitrogens with one attached hydrogen (secondary N) is 1. The van der Waals surface area contributed by atoms with E-state index in [1.807, 2.05) is 0 Å². The summed E-state index contributed by atoms with van der Waals surface area (Å²) in [4.78, 5) is 12.0. The molecule has 1 fully saturated rings. The maximum absolute atomic E-state index is 4.81. The van der Waals surface area contributed by atoms with Gasteiger partial charge in [0.15, 0.2) is 5.13 Å². The quantitative estimate of drug-likeness (QED) is 0.825. The smallest absolute Gasteiger partial charge is 0.185 e. The van der Waals surface area contributed by atoms with Gasteiger partial charge in [-0.1, -0.05) is 6.92 Å². The number of piperazine rings is 1. The van der Waals surface area contributed by atoms with Crippen LogP contribution in [-0.4, -0.2) is 74.7 Å². The highest BCUT2D eigenvalue weighted by atomic mass is 32.1. The maximum Gasteiger partial charge on any atom is 0.185 e. The lowest BCUT2D eigenvalue weighted by Crippen LogP contribution is -2.48. The molecule has 1 saturated heterocycles. The van der Waals surface area contributed by atoms with Gasteiger partial charge in [-0.15, -0.1) is 11.3 Å². The fraction of sp³-hybridized carbons (Fsp3) is 0.800. The molecule has 1 aliphatic heterocycles. The molecule has 0 radical (unpaired) electrons. The van der Waals surface area contributed by atoms with Gasteiger partial charge in [0.1, 0.15) is 0 Å². The molecule has 120 valence electrons. The van der Waals surface area contributed by atoms with Gasteiger partial charge in [-0.3, -0.25) is 4.90 Å². The van der Waals surface area contributed by atoms with E-state index in [0.717, 1.165) is 39.3 Å². The molecule has 1 aromatic heterocycles. The third kappa shape index (κ3) is 4.92. The Morgan fingerprint density at radius 1 is 1.33 bits per heavy atom. The van der Waals surface area contributed by atoms with Gasteiger partial charge in [-0.2, -0.15) is 0 Å². The normalized spacial score (nSPS) is 18.4. The summed E-state index contributed by atoms with van der Waals surface area (Å²) in [5.74, 6) is 0. The van der Waals surface area contributed by atoms with Gasteiger partial charge in [0.05, 0.1) is 5.69 Å². The molecular formula is C15H29N5S. The zero-order valence-corrected chi connectivity index (χ0v) is 14.6. The molecule has 2 rings (SSSR count). The third-order valence-electron chi connectivity index (χ3n) is 3.97. The van der Waals surface area contributed by atoms with Crippen molar-refractivity contribution in [1.29, 1.82) is 0 Å². The van der Waals surface area contributed by atoms with Crippen LogP contribution in [0.5, 0.6) is 0 Å². The van der Waals surface area contributed by atoms with Crippen LogP contribution in [0.25, 0.3) is 0 Å². The molecule has 1 atom stereocenters. The summed E-state index contributed by atoms with van der Waals surface area (Å²) in [5.41, 5.74) is 1.17. The van der Waals surface area contributed by atoms with Crippen molar-refractivity contribution in [3.8, 4) is 0 Å². The van der Waals surface area contributed by atoms with Crippen molar-refractivity contribution in [2.75, 3.05) is 64.8 Å². The largest absolute Gasteiger partial charge is 0.346 e. The monoisotopic (exact) mass is 311 g/mol. The standard InChI is InChI=1S/C15H29N5S/c1-5-16-13(2)14-12-21-15(17-14)20-10-8-19(9-11-20)7-6-18(3)4/h12-13,16H,5-11H2,1-4H3. The molecule has 21 heavy (non-hydrogen) atoms. The Kier molecular flexibility index (Phi) is 6.41. The molecule has 1 N–H and O–H groups in total. The molecule has 0 aliphatic carbocycles. The number of nitrogens with zero attached hydrogens (tertiary/aromatic N) is 4. The SMILES string of the molecule is CCNC(C)c1csc(N2CCN(CCN(C)C)CC2)n1. The van der Waals surface area contributed by atoms with E-state index in [1.54, 1.807) is 11.3 Å². The summed E-state index contributed by atoms with van der Waals surface area (Å²) in [5, 5.41) is 6.80. The van der Waals surface area contributed by atoms with Crippen LogP contribution in [0, 0.1) is 0 Å². The number of rotatable bonds is 7. The van der Waals surface area contributed by atoms with E-state index >= 15 is 0 Å². The summed E-state index contributed by atoms with van der Waals surface area (Å²) in [7, 11) is 4.28. The highest BCUT2D eigenvalue weighted by Gasteiger charge is 2.20. The van der Waals surface area contributed by atoms with Crippen LogP contribution in [-0.2, 0) is 0 Å². The summed E-state index contributed by atoms with van der Waals surface area (Å²) < 4.78 is 0. The molecule has 0 spiro atoms. The summed E-state index contributed by atoms with van der Waals surface area (Å²) in [6.45, 7) is 12.1. The lowest BCUT2D eigenvalue weighted by Gasteiger charge is -2.35. The summed E-state index contributed by atoms with van der Waals surface area (Å²) in [6.07, 6.45) is 0. The minimum atomic E-state index is 0.349. The van der Waals surface area contributed by atoms with Gasteiger partial charge < -0.3 is 15.1 Å². The van der Waals surface area contributed by atoms with Crippen LogP contribution >= 0.6 is 11.3 Å². The van der Waals surface area contributed by atoms with Crippen LogP contribution < -0.4 is 10.2 Å². The molecule has 6 heteroatoms. The average Bonchev–Trinajstić information content (AvgIpc) is 2.96. The summed E-state index contributed by atoms with van der Waals surface area (Å²) >= 11 is 1.78. The Balaban J connectivity index is 1.82. The van der Waals surface area contributed by atoms with E-state index in [9.17, 15) is 0 Å². The second-order valence-electron chi connectivity index (χ2n) is 5.97. The first-order chi connectivity index (χ1) is 10.1. The van der Waals surface area contributed by atoms with Gasteiger partial charge in [0.2, 0.25) is 0 Å². The van der Waals surface area contributed by atoms with Gasteiger partial charge >= 0.3 is 0 Å². The molecule has 0 saturated carbocycles. The van der Waals surface area contributed by atoms with Crippen molar-refractivity contribution in [2.24, 2.45) is 0 Å². The minimum absolute atomic E-state index is 0.349. The summed E-state index contributed by atoms with van der Waals surface area (Å²) in [6, 6.07) is 0.349. The molecule has 0 bridgehead atoms. The molecule has 0 aromatic carbocycles. The van der Waals surface area contributed by atoms with Crippen LogP contribution in [0.1, 0.15) is 25.6 Å². The zero-order valence-electron chi connectivity index (χ0n) is 13.8. The number of hydrogen-bond acceptors (Lipinski definition) is 6. The van der Waals surface area contributed by atoms with Gasteiger partial charge in [0.25, 0.3) is 0 Å². The second-order valence-corrected chi connectivity index (χ2v) is 6.80. The number of likely N-dealkylation sites (N-methyl/N-ethyl adjacent to an activating group) is 1. The van der Waals surface area contributed by atoms with E-state index in [-0.39, 0.29) is 0 Å². The van der Waals surface area contributed by atoms with Crippen molar-refractivity contribution < 1.29 is 0 Å². The number of aromatic nitrogens is 1. The Morgan fingerprint density at radius 2 is 2.05 bits per heavy atom. The lowest BCUT2D eigenvalue weighted by atomic mass is 10.2. The first-order valence-electron chi connectivity index (χ1n) is 7.91.